The molecule has 0 aromatic heterocycles. The molecule has 4 heteroatoms. The molecule has 20 heavy (non-hydrogen) atoms. The first-order valence-electron chi connectivity index (χ1n) is 7.22. The van der Waals surface area contributed by atoms with Crippen LogP contribution in [0.25, 0.3) is 0 Å². The van der Waals surface area contributed by atoms with E-state index in [1.54, 1.807) is 11.8 Å². The molecule has 1 saturated heterocycles. The molecule has 3 atom stereocenters. The van der Waals surface area contributed by atoms with E-state index in [4.69, 9.17) is 0 Å². The lowest BCUT2D eigenvalue weighted by atomic mass is 10.1. The van der Waals surface area contributed by atoms with Gasteiger partial charge in [0.2, 0.25) is 5.91 Å². The third-order valence-electron chi connectivity index (χ3n) is 3.89. The second-order valence-corrected chi connectivity index (χ2v) is 6.38. The molecule has 2 rings (SSSR count). The molecular formula is C16H24N2OS. The maximum absolute atomic E-state index is 12.5. The molecule has 0 aliphatic carbocycles. The minimum absolute atomic E-state index is 0.00880. The van der Waals surface area contributed by atoms with Gasteiger partial charge in [0.05, 0.1) is 6.04 Å². The molecule has 0 radical (unpaired) electrons. The zero-order chi connectivity index (χ0) is 14.7. The molecule has 3 nitrogen and oxygen atoms in total. The maximum Gasteiger partial charge on any atom is 0.241 e. The van der Waals surface area contributed by atoms with Crippen LogP contribution in [0.1, 0.15) is 37.6 Å². The fourth-order valence-electron chi connectivity index (χ4n) is 2.81. The lowest BCUT2D eigenvalue weighted by Crippen LogP contribution is -2.41. The van der Waals surface area contributed by atoms with Crippen molar-refractivity contribution in [2.75, 3.05) is 12.0 Å². The fourth-order valence-corrected chi connectivity index (χ4v) is 3.60. The van der Waals surface area contributed by atoms with Gasteiger partial charge < -0.3 is 4.90 Å². The highest BCUT2D eigenvalue weighted by Gasteiger charge is 2.40. The number of carbonyl (C=O) groups excluding carboxylic acids is 1. The van der Waals surface area contributed by atoms with Crippen molar-refractivity contribution in [3.8, 4) is 0 Å². The Hall–Kier alpha value is -1.00. The van der Waals surface area contributed by atoms with Gasteiger partial charge in [0.15, 0.2) is 0 Å². The number of nitrogens with zero attached hydrogens (tertiary/aromatic N) is 1. The Morgan fingerprint density at radius 3 is 2.80 bits per heavy atom. The number of hydrogen-bond acceptors (Lipinski definition) is 3. The standard InChI is InChI=1S/C16H24N2OS/c1-5-14(10-20-4)18-15(17-12(3)16(18)19)13-8-6-7-11(2)9-13/h6-9,12,14-15,17H,5,10H2,1-4H3. The summed E-state index contributed by atoms with van der Waals surface area (Å²) in [6, 6.07) is 8.62. The van der Waals surface area contributed by atoms with Gasteiger partial charge in [-0.25, -0.2) is 0 Å². The Bertz CT molecular complexity index is 477. The van der Waals surface area contributed by atoms with E-state index in [1.165, 1.54) is 11.1 Å². The molecular weight excluding hydrogens is 268 g/mol. The summed E-state index contributed by atoms with van der Waals surface area (Å²) >= 11 is 1.80. The molecule has 1 aromatic carbocycles. The van der Waals surface area contributed by atoms with E-state index < -0.39 is 0 Å². The Labute approximate surface area is 126 Å². The highest BCUT2D eigenvalue weighted by Crippen LogP contribution is 2.30. The van der Waals surface area contributed by atoms with Crippen LogP contribution in [0.2, 0.25) is 0 Å². The Morgan fingerprint density at radius 2 is 2.20 bits per heavy atom. The van der Waals surface area contributed by atoms with Gasteiger partial charge in [-0.2, -0.15) is 11.8 Å². The lowest BCUT2D eigenvalue weighted by Gasteiger charge is -2.32. The average Bonchev–Trinajstić information content (AvgIpc) is 2.73. The number of aryl methyl sites for hydroxylation is 1. The summed E-state index contributed by atoms with van der Waals surface area (Å²) in [4.78, 5) is 14.6. The molecule has 1 N–H and O–H groups in total. The van der Waals surface area contributed by atoms with E-state index in [2.05, 4.69) is 54.6 Å². The van der Waals surface area contributed by atoms with Crippen LogP contribution in [0.3, 0.4) is 0 Å². The monoisotopic (exact) mass is 292 g/mol. The van der Waals surface area contributed by atoms with Crippen LogP contribution >= 0.6 is 11.8 Å². The van der Waals surface area contributed by atoms with Gasteiger partial charge in [0, 0.05) is 11.8 Å². The average molecular weight is 292 g/mol. The van der Waals surface area contributed by atoms with Gasteiger partial charge in [-0.05, 0) is 32.1 Å². The summed E-state index contributed by atoms with van der Waals surface area (Å²) in [5.41, 5.74) is 2.41. The van der Waals surface area contributed by atoms with Crippen LogP contribution in [0.5, 0.6) is 0 Å². The van der Waals surface area contributed by atoms with Crippen LogP contribution in [0.4, 0.5) is 0 Å². The molecule has 1 aliphatic rings. The lowest BCUT2D eigenvalue weighted by molar-refractivity contribution is -0.131. The highest BCUT2D eigenvalue weighted by molar-refractivity contribution is 7.98. The van der Waals surface area contributed by atoms with E-state index in [0.29, 0.717) is 6.04 Å². The summed E-state index contributed by atoms with van der Waals surface area (Å²) in [6.07, 6.45) is 3.10. The summed E-state index contributed by atoms with van der Waals surface area (Å²) < 4.78 is 0. The molecule has 1 amide bonds. The normalized spacial score (nSPS) is 24.2. The smallest absolute Gasteiger partial charge is 0.241 e. The second kappa shape index (κ2) is 6.64. The van der Waals surface area contributed by atoms with Crippen molar-refractivity contribution in [2.45, 2.75) is 45.4 Å². The highest BCUT2D eigenvalue weighted by atomic mass is 32.2. The van der Waals surface area contributed by atoms with Gasteiger partial charge in [-0.15, -0.1) is 0 Å². The number of carbonyl (C=O) groups is 1. The topological polar surface area (TPSA) is 32.3 Å². The molecule has 3 unspecified atom stereocenters. The third-order valence-corrected chi connectivity index (χ3v) is 4.61. The molecule has 0 spiro atoms. The Balaban J connectivity index is 2.32. The molecule has 1 aromatic rings. The summed E-state index contributed by atoms with van der Waals surface area (Å²) in [6.45, 7) is 6.20. The van der Waals surface area contributed by atoms with Crippen molar-refractivity contribution in [1.29, 1.82) is 0 Å². The van der Waals surface area contributed by atoms with E-state index >= 15 is 0 Å². The van der Waals surface area contributed by atoms with E-state index in [-0.39, 0.29) is 18.1 Å². The number of amides is 1. The molecule has 0 bridgehead atoms. The van der Waals surface area contributed by atoms with Gasteiger partial charge in [0.25, 0.3) is 0 Å². The molecule has 1 aliphatic heterocycles. The number of benzene rings is 1. The van der Waals surface area contributed by atoms with Gasteiger partial charge in [-0.3, -0.25) is 10.1 Å². The van der Waals surface area contributed by atoms with Crippen molar-refractivity contribution in [3.05, 3.63) is 35.4 Å². The number of hydrogen-bond donors (Lipinski definition) is 1. The maximum atomic E-state index is 12.5. The minimum Gasteiger partial charge on any atom is -0.318 e. The predicted octanol–water partition coefficient (Wildman–Crippen LogP) is 2.96. The third kappa shape index (κ3) is 3.01. The number of nitrogens with one attached hydrogen (secondary N) is 1. The first kappa shape index (κ1) is 15.4. The van der Waals surface area contributed by atoms with Crippen molar-refractivity contribution >= 4 is 17.7 Å². The number of thioether (sulfide) groups is 1. The molecule has 1 heterocycles. The molecule has 1 fully saturated rings. The van der Waals surface area contributed by atoms with Crippen molar-refractivity contribution in [3.63, 3.8) is 0 Å². The molecule has 0 saturated carbocycles. The van der Waals surface area contributed by atoms with Crippen LogP contribution < -0.4 is 5.32 Å². The fraction of sp³-hybridized carbons (Fsp3) is 0.562. The zero-order valence-electron chi connectivity index (χ0n) is 12.7. The summed E-state index contributed by atoms with van der Waals surface area (Å²) in [7, 11) is 0. The number of rotatable bonds is 5. The minimum atomic E-state index is -0.101. The molecule has 110 valence electrons. The summed E-state index contributed by atoms with van der Waals surface area (Å²) in [5.74, 6) is 1.20. The van der Waals surface area contributed by atoms with Gasteiger partial charge >= 0.3 is 0 Å². The first-order valence-corrected chi connectivity index (χ1v) is 8.61. The van der Waals surface area contributed by atoms with Crippen LogP contribution in [-0.4, -0.2) is 34.9 Å². The van der Waals surface area contributed by atoms with Crippen molar-refractivity contribution in [1.82, 2.24) is 10.2 Å². The predicted molar refractivity (Wildman–Crippen MR) is 85.8 cm³/mol. The Morgan fingerprint density at radius 1 is 1.45 bits per heavy atom. The second-order valence-electron chi connectivity index (χ2n) is 5.47. The first-order chi connectivity index (χ1) is 9.58. The Kier molecular flexibility index (Phi) is 5.11. The largest absolute Gasteiger partial charge is 0.318 e. The SMILES string of the molecule is CCC(CSC)N1C(=O)C(C)NC1c1cccc(C)c1. The van der Waals surface area contributed by atoms with Crippen molar-refractivity contribution < 1.29 is 4.79 Å². The van der Waals surface area contributed by atoms with Crippen LogP contribution in [0.15, 0.2) is 24.3 Å². The van der Waals surface area contributed by atoms with E-state index in [0.717, 1.165) is 12.2 Å². The summed E-state index contributed by atoms with van der Waals surface area (Å²) in [5, 5.41) is 3.44. The van der Waals surface area contributed by atoms with E-state index in [1.807, 2.05) is 6.92 Å². The zero-order valence-corrected chi connectivity index (χ0v) is 13.5. The van der Waals surface area contributed by atoms with Crippen LogP contribution in [0, 0.1) is 6.92 Å². The quantitative estimate of drug-likeness (QED) is 0.905. The van der Waals surface area contributed by atoms with Crippen LogP contribution in [-0.2, 0) is 4.79 Å². The van der Waals surface area contributed by atoms with Crippen molar-refractivity contribution in [2.24, 2.45) is 0 Å². The van der Waals surface area contributed by atoms with Gasteiger partial charge in [0.1, 0.15) is 6.17 Å². The van der Waals surface area contributed by atoms with Gasteiger partial charge in [-0.1, -0.05) is 36.8 Å². The van der Waals surface area contributed by atoms with E-state index in [9.17, 15) is 4.79 Å².